The molecule has 1 aliphatic rings. The number of amides is 2. The minimum atomic E-state index is -0.525. The third kappa shape index (κ3) is 5.14. The molecule has 1 aliphatic heterocycles. The Morgan fingerprint density at radius 2 is 2.17 bits per heavy atom. The van der Waals surface area contributed by atoms with E-state index in [1.165, 1.54) is 6.21 Å². The van der Waals surface area contributed by atoms with Crippen LogP contribution in [0.2, 0.25) is 5.02 Å². The molecule has 1 aromatic heterocycles. The summed E-state index contributed by atoms with van der Waals surface area (Å²) in [6.45, 7) is 2.48. The number of benzene rings is 1. The Hall–Kier alpha value is -2.87. The van der Waals surface area contributed by atoms with Gasteiger partial charge in [0.2, 0.25) is 5.91 Å². The first-order valence-electron chi connectivity index (χ1n) is 9.57. The number of esters is 1. The standard InChI is InChI=1S/C20H23ClN4O4/c1-2-29-20(28)19-15(14-8-7-13(21)10-16(14)23-19)11-22-24-17(26)12-25-9-5-3-4-6-18(25)27/h7-8,10-11,23H,2-6,9,12H2,1H3,(H,24,26)/b22-11+. The lowest BCUT2D eigenvalue weighted by Crippen LogP contribution is -2.39. The number of likely N-dealkylation sites (tertiary alicyclic amines) is 1. The second kappa shape index (κ2) is 9.56. The zero-order chi connectivity index (χ0) is 20.8. The fourth-order valence-electron chi connectivity index (χ4n) is 3.27. The van der Waals surface area contributed by atoms with Gasteiger partial charge in [0, 0.05) is 34.5 Å². The normalized spacial score (nSPS) is 15.0. The van der Waals surface area contributed by atoms with Gasteiger partial charge in [0.05, 0.1) is 12.8 Å². The third-order valence-corrected chi connectivity index (χ3v) is 4.90. The van der Waals surface area contributed by atoms with Crippen molar-refractivity contribution in [3.63, 3.8) is 0 Å². The summed E-state index contributed by atoms with van der Waals surface area (Å²) in [6, 6.07) is 5.16. The van der Waals surface area contributed by atoms with Crippen molar-refractivity contribution < 1.29 is 19.1 Å². The maximum absolute atomic E-state index is 12.3. The number of hydrogen-bond acceptors (Lipinski definition) is 5. The predicted molar refractivity (Wildman–Crippen MR) is 110 cm³/mol. The van der Waals surface area contributed by atoms with Crippen molar-refractivity contribution in [1.29, 1.82) is 0 Å². The summed E-state index contributed by atoms with van der Waals surface area (Å²) in [6.07, 6.45) is 4.60. The van der Waals surface area contributed by atoms with Crippen LogP contribution in [-0.2, 0) is 14.3 Å². The highest BCUT2D eigenvalue weighted by Crippen LogP contribution is 2.25. The molecule has 9 heteroatoms. The number of ether oxygens (including phenoxy) is 1. The van der Waals surface area contributed by atoms with Gasteiger partial charge >= 0.3 is 5.97 Å². The number of nitrogens with one attached hydrogen (secondary N) is 2. The molecule has 0 aliphatic carbocycles. The molecule has 8 nitrogen and oxygen atoms in total. The van der Waals surface area contributed by atoms with Crippen molar-refractivity contribution >= 4 is 46.5 Å². The Morgan fingerprint density at radius 1 is 1.34 bits per heavy atom. The molecule has 29 heavy (non-hydrogen) atoms. The summed E-state index contributed by atoms with van der Waals surface area (Å²) in [5.41, 5.74) is 3.80. The van der Waals surface area contributed by atoms with Crippen LogP contribution in [0, 0.1) is 0 Å². The number of hydrogen-bond donors (Lipinski definition) is 2. The van der Waals surface area contributed by atoms with Crippen LogP contribution in [0.4, 0.5) is 0 Å². The molecule has 154 valence electrons. The highest BCUT2D eigenvalue weighted by molar-refractivity contribution is 6.31. The van der Waals surface area contributed by atoms with Gasteiger partial charge in [0.25, 0.3) is 5.91 Å². The van der Waals surface area contributed by atoms with E-state index in [4.69, 9.17) is 16.3 Å². The maximum Gasteiger partial charge on any atom is 0.355 e. The van der Waals surface area contributed by atoms with Gasteiger partial charge in [0.15, 0.2) is 0 Å². The quantitative estimate of drug-likeness (QED) is 0.427. The molecule has 0 saturated carbocycles. The van der Waals surface area contributed by atoms with Crippen molar-refractivity contribution in [3.8, 4) is 0 Å². The monoisotopic (exact) mass is 418 g/mol. The van der Waals surface area contributed by atoms with Gasteiger partial charge in [-0.15, -0.1) is 0 Å². The smallest absolute Gasteiger partial charge is 0.355 e. The minimum absolute atomic E-state index is 0.0141. The highest BCUT2D eigenvalue weighted by atomic mass is 35.5. The van der Waals surface area contributed by atoms with E-state index in [-0.39, 0.29) is 24.8 Å². The zero-order valence-corrected chi connectivity index (χ0v) is 16.9. The highest BCUT2D eigenvalue weighted by Gasteiger charge is 2.20. The lowest BCUT2D eigenvalue weighted by molar-refractivity contribution is -0.135. The van der Waals surface area contributed by atoms with Gasteiger partial charge in [0.1, 0.15) is 12.2 Å². The molecule has 2 aromatic rings. The number of nitrogens with zero attached hydrogens (tertiary/aromatic N) is 2. The summed E-state index contributed by atoms with van der Waals surface area (Å²) in [5, 5.41) is 5.22. The van der Waals surface area contributed by atoms with Gasteiger partial charge in [-0.3, -0.25) is 9.59 Å². The number of carbonyl (C=O) groups excluding carboxylic acids is 3. The minimum Gasteiger partial charge on any atom is -0.461 e. The van der Waals surface area contributed by atoms with E-state index in [0.29, 0.717) is 29.1 Å². The molecule has 0 bridgehead atoms. The molecule has 1 saturated heterocycles. The van der Waals surface area contributed by atoms with Crippen LogP contribution in [0.25, 0.3) is 10.9 Å². The molecule has 1 aromatic carbocycles. The van der Waals surface area contributed by atoms with Crippen LogP contribution < -0.4 is 5.43 Å². The summed E-state index contributed by atoms with van der Waals surface area (Å²) < 4.78 is 5.08. The molecular formula is C20H23ClN4O4. The van der Waals surface area contributed by atoms with Crippen LogP contribution >= 0.6 is 11.6 Å². The van der Waals surface area contributed by atoms with Crippen molar-refractivity contribution in [2.24, 2.45) is 5.10 Å². The predicted octanol–water partition coefficient (Wildman–Crippen LogP) is 2.85. The number of rotatable bonds is 6. The number of halogens is 1. The summed E-state index contributed by atoms with van der Waals surface area (Å²) in [5.74, 6) is -0.931. The van der Waals surface area contributed by atoms with E-state index in [1.54, 1.807) is 30.0 Å². The Bertz CT molecular complexity index is 953. The van der Waals surface area contributed by atoms with Crippen LogP contribution in [0.1, 0.15) is 48.7 Å². The van der Waals surface area contributed by atoms with Gasteiger partial charge in [-0.05, 0) is 31.9 Å². The van der Waals surface area contributed by atoms with Crippen LogP contribution in [-0.4, -0.2) is 53.6 Å². The number of H-pyrrole nitrogens is 1. The van der Waals surface area contributed by atoms with E-state index in [0.717, 1.165) is 24.6 Å². The van der Waals surface area contributed by atoms with Crippen LogP contribution in [0.15, 0.2) is 23.3 Å². The number of aromatic amines is 1. The first kappa shape index (κ1) is 20.9. The Labute approximate surface area is 173 Å². The molecule has 2 heterocycles. The second-order valence-electron chi connectivity index (χ2n) is 6.74. The third-order valence-electron chi connectivity index (χ3n) is 4.67. The molecule has 0 radical (unpaired) electrons. The first-order chi connectivity index (χ1) is 14.0. The van der Waals surface area contributed by atoms with E-state index in [1.807, 2.05) is 0 Å². The van der Waals surface area contributed by atoms with E-state index in [2.05, 4.69) is 15.5 Å². The summed E-state index contributed by atoms with van der Waals surface area (Å²) in [4.78, 5) is 41.0. The second-order valence-corrected chi connectivity index (χ2v) is 7.18. The van der Waals surface area contributed by atoms with Gasteiger partial charge in [-0.2, -0.15) is 5.10 Å². The van der Waals surface area contributed by atoms with Crippen molar-refractivity contribution in [2.45, 2.75) is 32.6 Å². The van der Waals surface area contributed by atoms with Crippen molar-refractivity contribution in [3.05, 3.63) is 34.5 Å². The fourth-order valence-corrected chi connectivity index (χ4v) is 3.45. The first-order valence-corrected chi connectivity index (χ1v) is 9.95. The summed E-state index contributed by atoms with van der Waals surface area (Å²) in [7, 11) is 0. The molecule has 2 amide bonds. The Balaban J connectivity index is 1.75. The average Bonchev–Trinajstić information content (AvgIpc) is 2.91. The Kier molecular flexibility index (Phi) is 6.87. The van der Waals surface area contributed by atoms with Gasteiger partial charge < -0.3 is 14.6 Å². The van der Waals surface area contributed by atoms with E-state index in [9.17, 15) is 14.4 Å². The number of aromatic nitrogens is 1. The maximum atomic E-state index is 12.3. The van der Waals surface area contributed by atoms with Gasteiger partial charge in [-0.25, -0.2) is 10.2 Å². The topological polar surface area (TPSA) is 104 Å². The Morgan fingerprint density at radius 3 is 2.97 bits per heavy atom. The lowest BCUT2D eigenvalue weighted by Gasteiger charge is -2.18. The van der Waals surface area contributed by atoms with E-state index < -0.39 is 11.9 Å². The number of hydrazone groups is 1. The number of fused-ring (bicyclic) bond motifs is 1. The SMILES string of the molecule is CCOC(=O)c1[nH]c2cc(Cl)ccc2c1/C=N/NC(=O)CN1CCCCCC1=O. The largest absolute Gasteiger partial charge is 0.461 e. The van der Waals surface area contributed by atoms with Crippen LogP contribution in [0.5, 0.6) is 0 Å². The lowest BCUT2D eigenvalue weighted by atomic mass is 10.1. The fraction of sp³-hybridized carbons (Fsp3) is 0.400. The molecule has 3 rings (SSSR count). The molecular weight excluding hydrogens is 396 g/mol. The zero-order valence-electron chi connectivity index (χ0n) is 16.2. The summed E-state index contributed by atoms with van der Waals surface area (Å²) >= 11 is 6.02. The molecule has 1 fully saturated rings. The molecule has 0 unspecified atom stereocenters. The van der Waals surface area contributed by atoms with Crippen molar-refractivity contribution in [2.75, 3.05) is 19.7 Å². The molecule has 0 atom stereocenters. The molecule has 2 N–H and O–H groups in total. The molecule has 0 spiro atoms. The average molecular weight is 419 g/mol. The van der Waals surface area contributed by atoms with Gasteiger partial charge in [-0.1, -0.05) is 24.1 Å². The number of carbonyl (C=O) groups is 3. The van der Waals surface area contributed by atoms with E-state index >= 15 is 0 Å². The van der Waals surface area contributed by atoms with Crippen molar-refractivity contribution in [1.82, 2.24) is 15.3 Å². The van der Waals surface area contributed by atoms with Crippen LogP contribution in [0.3, 0.4) is 0 Å².